The van der Waals surface area contributed by atoms with Gasteiger partial charge in [-0.25, -0.2) is 9.78 Å². The summed E-state index contributed by atoms with van der Waals surface area (Å²) in [6.07, 6.45) is -0.275. The first-order valence-corrected chi connectivity index (χ1v) is 7.38. The largest absolute Gasteiger partial charge is 0.447 e. The van der Waals surface area contributed by atoms with Crippen molar-refractivity contribution in [2.45, 2.75) is 19.9 Å². The van der Waals surface area contributed by atoms with Crippen molar-refractivity contribution in [2.75, 3.05) is 23.4 Å². The van der Waals surface area contributed by atoms with Crippen molar-refractivity contribution in [3.63, 3.8) is 0 Å². The average Bonchev–Trinajstić information content (AvgIpc) is 2.93. The normalized spacial score (nSPS) is 15.5. The predicted octanol–water partition coefficient (Wildman–Crippen LogP) is 3.52. The molecule has 0 radical (unpaired) electrons. The van der Waals surface area contributed by atoms with Gasteiger partial charge in [0.2, 0.25) is 0 Å². The first kappa shape index (κ1) is 14.4. The molecule has 5 nitrogen and oxygen atoms in total. The average molecular weight is 297 g/mol. The Balaban J connectivity index is 1.70. The van der Waals surface area contributed by atoms with Crippen LogP contribution >= 0.6 is 0 Å². The lowest BCUT2D eigenvalue weighted by molar-refractivity contribution is 0.181. The number of benzene rings is 1. The van der Waals surface area contributed by atoms with Crippen molar-refractivity contribution >= 4 is 17.6 Å². The summed E-state index contributed by atoms with van der Waals surface area (Å²) in [6, 6.07) is 14.0. The van der Waals surface area contributed by atoms with Gasteiger partial charge in [0.05, 0.1) is 6.54 Å². The molecule has 1 saturated heterocycles. The minimum Gasteiger partial charge on any atom is -0.447 e. The number of aryl methyl sites for hydroxylation is 1. The molecule has 114 valence electrons. The molecule has 0 aliphatic carbocycles. The van der Waals surface area contributed by atoms with Crippen LogP contribution < -0.4 is 10.2 Å². The number of anilines is 2. The number of carbonyl (C=O) groups excluding carboxylic acids is 1. The maximum Gasteiger partial charge on any atom is 0.414 e. The molecule has 1 N–H and O–H groups in total. The number of cyclic esters (lactones) is 1. The second kappa shape index (κ2) is 6.05. The van der Waals surface area contributed by atoms with E-state index >= 15 is 0 Å². The fourth-order valence-electron chi connectivity index (χ4n) is 2.50. The second-order valence-electron chi connectivity index (χ2n) is 5.39. The fourth-order valence-corrected chi connectivity index (χ4v) is 2.50. The third-order valence-corrected chi connectivity index (χ3v) is 3.72. The van der Waals surface area contributed by atoms with Crippen molar-refractivity contribution in [3.8, 4) is 0 Å². The summed E-state index contributed by atoms with van der Waals surface area (Å²) < 4.78 is 4.95. The van der Waals surface area contributed by atoms with Gasteiger partial charge in [-0.3, -0.25) is 4.90 Å². The fraction of sp³-hybridized carbons (Fsp3) is 0.294. The quantitative estimate of drug-likeness (QED) is 0.938. The highest BCUT2D eigenvalue weighted by Gasteiger charge is 2.23. The van der Waals surface area contributed by atoms with E-state index in [0.29, 0.717) is 13.2 Å². The van der Waals surface area contributed by atoms with Gasteiger partial charge in [-0.2, -0.15) is 0 Å². The van der Waals surface area contributed by atoms with Gasteiger partial charge in [-0.1, -0.05) is 18.2 Å². The number of aromatic nitrogens is 1. The number of carbonyl (C=O) groups is 1. The van der Waals surface area contributed by atoms with Crippen LogP contribution in [0.1, 0.15) is 24.2 Å². The molecule has 22 heavy (non-hydrogen) atoms. The number of nitrogens with one attached hydrogen (secondary N) is 1. The Morgan fingerprint density at radius 2 is 2.00 bits per heavy atom. The molecule has 1 aliphatic heterocycles. The van der Waals surface area contributed by atoms with E-state index in [9.17, 15) is 4.79 Å². The standard InChI is InChI=1S/C17H19N3O2/c1-12-4-3-5-16(18-12)19-13(2)14-6-8-15(9-7-14)20-10-11-22-17(20)21/h3-9,13H,10-11H2,1-2H3,(H,18,19). The van der Waals surface area contributed by atoms with Gasteiger partial charge in [-0.15, -0.1) is 0 Å². The van der Waals surface area contributed by atoms with E-state index in [-0.39, 0.29) is 12.1 Å². The molecule has 1 atom stereocenters. The smallest absolute Gasteiger partial charge is 0.414 e. The van der Waals surface area contributed by atoms with E-state index in [2.05, 4.69) is 17.2 Å². The number of hydrogen-bond acceptors (Lipinski definition) is 4. The van der Waals surface area contributed by atoms with Crippen LogP contribution in [-0.4, -0.2) is 24.2 Å². The summed E-state index contributed by atoms with van der Waals surface area (Å²) in [5, 5.41) is 3.38. The minimum absolute atomic E-state index is 0.133. The summed E-state index contributed by atoms with van der Waals surface area (Å²) in [5.41, 5.74) is 2.99. The highest BCUT2D eigenvalue weighted by Crippen LogP contribution is 2.23. The molecule has 1 fully saturated rings. The van der Waals surface area contributed by atoms with E-state index in [0.717, 1.165) is 22.8 Å². The van der Waals surface area contributed by atoms with E-state index < -0.39 is 0 Å². The van der Waals surface area contributed by atoms with Gasteiger partial charge in [0.1, 0.15) is 12.4 Å². The van der Waals surface area contributed by atoms with E-state index in [4.69, 9.17) is 4.74 Å². The Kier molecular flexibility index (Phi) is 3.96. The molecule has 1 aliphatic rings. The van der Waals surface area contributed by atoms with Crippen molar-refractivity contribution in [3.05, 3.63) is 53.7 Å². The first-order valence-electron chi connectivity index (χ1n) is 7.38. The van der Waals surface area contributed by atoms with E-state index in [1.54, 1.807) is 4.90 Å². The molecule has 1 amide bonds. The van der Waals surface area contributed by atoms with Crippen molar-refractivity contribution in [2.24, 2.45) is 0 Å². The van der Waals surface area contributed by atoms with Crippen molar-refractivity contribution < 1.29 is 9.53 Å². The highest BCUT2D eigenvalue weighted by molar-refractivity contribution is 5.89. The minimum atomic E-state index is -0.275. The summed E-state index contributed by atoms with van der Waals surface area (Å²) >= 11 is 0. The SMILES string of the molecule is Cc1cccc(NC(C)c2ccc(N3CCOC3=O)cc2)n1. The molecule has 3 rings (SSSR count). The third kappa shape index (κ3) is 3.03. The monoisotopic (exact) mass is 297 g/mol. The Morgan fingerprint density at radius 1 is 1.23 bits per heavy atom. The van der Waals surface area contributed by atoms with Gasteiger partial charge < -0.3 is 10.1 Å². The van der Waals surface area contributed by atoms with Crippen LogP contribution in [0.5, 0.6) is 0 Å². The zero-order chi connectivity index (χ0) is 15.5. The topological polar surface area (TPSA) is 54.5 Å². The number of nitrogens with zero attached hydrogens (tertiary/aromatic N) is 2. The summed E-state index contributed by atoms with van der Waals surface area (Å²) in [5.74, 6) is 0.861. The van der Waals surface area contributed by atoms with Gasteiger partial charge in [0, 0.05) is 17.4 Å². The van der Waals surface area contributed by atoms with Crippen LogP contribution in [-0.2, 0) is 4.74 Å². The summed E-state index contributed by atoms with van der Waals surface area (Å²) in [4.78, 5) is 17.6. The molecule has 0 bridgehead atoms. The lowest BCUT2D eigenvalue weighted by Crippen LogP contribution is -2.23. The summed E-state index contributed by atoms with van der Waals surface area (Å²) in [7, 11) is 0. The number of rotatable bonds is 4. The number of amides is 1. The Labute approximate surface area is 129 Å². The van der Waals surface area contributed by atoms with Crippen molar-refractivity contribution in [1.82, 2.24) is 4.98 Å². The zero-order valence-corrected chi connectivity index (χ0v) is 12.7. The maximum absolute atomic E-state index is 11.5. The first-order chi connectivity index (χ1) is 10.6. The number of ether oxygens (including phenoxy) is 1. The lowest BCUT2D eigenvalue weighted by Gasteiger charge is -2.17. The highest BCUT2D eigenvalue weighted by atomic mass is 16.6. The Bertz CT molecular complexity index is 670. The lowest BCUT2D eigenvalue weighted by atomic mass is 10.1. The second-order valence-corrected chi connectivity index (χ2v) is 5.39. The Hall–Kier alpha value is -2.56. The summed E-state index contributed by atoms with van der Waals surface area (Å²) in [6.45, 7) is 5.12. The predicted molar refractivity (Wildman–Crippen MR) is 86.1 cm³/mol. The van der Waals surface area contributed by atoms with Crippen LogP contribution in [0.25, 0.3) is 0 Å². The van der Waals surface area contributed by atoms with Crippen LogP contribution in [0, 0.1) is 6.92 Å². The number of pyridine rings is 1. The van der Waals surface area contributed by atoms with Crippen LogP contribution in [0.15, 0.2) is 42.5 Å². The Morgan fingerprint density at radius 3 is 2.64 bits per heavy atom. The van der Waals surface area contributed by atoms with Gasteiger partial charge in [0.25, 0.3) is 0 Å². The molecule has 1 aromatic carbocycles. The van der Waals surface area contributed by atoms with Crippen LogP contribution in [0.2, 0.25) is 0 Å². The molecule has 2 aromatic rings. The van der Waals surface area contributed by atoms with Gasteiger partial charge in [0.15, 0.2) is 0 Å². The van der Waals surface area contributed by atoms with E-state index in [1.165, 1.54) is 0 Å². The molecular formula is C17H19N3O2. The van der Waals surface area contributed by atoms with Gasteiger partial charge in [-0.05, 0) is 43.7 Å². The molecule has 1 aromatic heterocycles. The number of hydrogen-bond donors (Lipinski definition) is 1. The molecule has 0 saturated carbocycles. The zero-order valence-electron chi connectivity index (χ0n) is 12.7. The van der Waals surface area contributed by atoms with Crippen molar-refractivity contribution in [1.29, 1.82) is 0 Å². The van der Waals surface area contributed by atoms with Gasteiger partial charge >= 0.3 is 6.09 Å². The van der Waals surface area contributed by atoms with Crippen LogP contribution in [0.4, 0.5) is 16.3 Å². The molecule has 5 heteroatoms. The third-order valence-electron chi connectivity index (χ3n) is 3.72. The molecule has 0 spiro atoms. The molecule has 1 unspecified atom stereocenters. The maximum atomic E-state index is 11.5. The molecule has 2 heterocycles. The van der Waals surface area contributed by atoms with E-state index in [1.807, 2.05) is 49.4 Å². The van der Waals surface area contributed by atoms with Crippen LogP contribution in [0.3, 0.4) is 0 Å². The molecular weight excluding hydrogens is 278 g/mol.